The number of ether oxygens (including phenoxy) is 2. The Kier molecular flexibility index (Phi) is 7.56. The number of methoxy groups -OCH3 is 1. The molecular formula is C23H29BrN2O3. The second kappa shape index (κ2) is 10.1. The number of aryl methyl sites for hydroxylation is 1. The van der Waals surface area contributed by atoms with Crippen molar-refractivity contribution in [2.45, 2.75) is 39.3 Å². The van der Waals surface area contributed by atoms with Crippen molar-refractivity contribution in [2.24, 2.45) is 0 Å². The molecule has 29 heavy (non-hydrogen) atoms. The second-order valence-electron chi connectivity index (χ2n) is 7.44. The fourth-order valence-corrected chi connectivity index (χ4v) is 4.26. The van der Waals surface area contributed by atoms with E-state index in [1.807, 2.05) is 6.92 Å². The molecule has 0 bridgehead atoms. The zero-order chi connectivity index (χ0) is 20.8. The van der Waals surface area contributed by atoms with Crippen LogP contribution in [0.2, 0.25) is 0 Å². The normalized spacial score (nSPS) is 15.2. The van der Waals surface area contributed by atoms with Gasteiger partial charge < -0.3 is 14.8 Å². The minimum absolute atomic E-state index is 0.0795. The molecule has 1 fully saturated rings. The van der Waals surface area contributed by atoms with Gasteiger partial charge in [-0.25, -0.2) is 0 Å². The Balaban J connectivity index is 1.56. The van der Waals surface area contributed by atoms with E-state index in [2.05, 4.69) is 57.3 Å². The second-order valence-corrected chi connectivity index (χ2v) is 8.29. The summed E-state index contributed by atoms with van der Waals surface area (Å²) in [6, 6.07) is 12.4. The maximum atomic E-state index is 12.8. The SMILES string of the molecule is CCOc1c(Br)cc(C(=O)NC2CCN(Cc3cccc(C)c3)CC2)cc1OC. The number of carbonyl (C=O) groups excluding carboxylic acids is 1. The van der Waals surface area contributed by atoms with Crippen molar-refractivity contribution in [2.75, 3.05) is 26.8 Å². The van der Waals surface area contributed by atoms with Gasteiger partial charge in [0.25, 0.3) is 5.91 Å². The van der Waals surface area contributed by atoms with E-state index in [-0.39, 0.29) is 11.9 Å². The molecule has 0 aliphatic carbocycles. The average Bonchev–Trinajstić information content (AvgIpc) is 2.71. The Morgan fingerprint density at radius 1 is 1.24 bits per heavy atom. The molecule has 0 radical (unpaired) electrons. The molecule has 1 aliphatic rings. The third kappa shape index (κ3) is 5.73. The van der Waals surface area contributed by atoms with Crippen LogP contribution in [0.25, 0.3) is 0 Å². The van der Waals surface area contributed by atoms with Gasteiger partial charge in [-0.3, -0.25) is 9.69 Å². The Labute approximate surface area is 181 Å². The molecule has 2 aromatic rings. The number of carbonyl (C=O) groups is 1. The van der Waals surface area contributed by atoms with E-state index in [0.29, 0.717) is 23.7 Å². The van der Waals surface area contributed by atoms with Gasteiger partial charge in [0, 0.05) is 31.2 Å². The lowest BCUT2D eigenvalue weighted by atomic mass is 10.0. The Morgan fingerprint density at radius 3 is 2.66 bits per heavy atom. The van der Waals surface area contributed by atoms with E-state index >= 15 is 0 Å². The van der Waals surface area contributed by atoms with Crippen molar-refractivity contribution in [1.82, 2.24) is 10.2 Å². The van der Waals surface area contributed by atoms with Gasteiger partial charge in [-0.15, -0.1) is 0 Å². The predicted octanol–water partition coefficient (Wildman–Crippen LogP) is 4.56. The van der Waals surface area contributed by atoms with E-state index in [1.54, 1.807) is 19.2 Å². The lowest BCUT2D eigenvalue weighted by Crippen LogP contribution is -2.44. The molecule has 1 saturated heterocycles. The molecule has 1 amide bonds. The van der Waals surface area contributed by atoms with Crippen LogP contribution in [0.1, 0.15) is 41.3 Å². The third-order valence-corrected chi connectivity index (χ3v) is 5.78. The first-order chi connectivity index (χ1) is 14.0. The highest BCUT2D eigenvalue weighted by molar-refractivity contribution is 9.10. The smallest absolute Gasteiger partial charge is 0.251 e. The Bertz CT molecular complexity index is 848. The molecule has 3 rings (SSSR count). The Morgan fingerprint density at radius 2 is 2.00 bits per heavy atom. The van der Waals surface area contributed by atoms with Gasteiger partial charge in [0.05, 0.1) is 18.2 Å². The molecule has 5 nitrogen and oxygen atoms in total. The number of rotatable bonds is 7. The van der Waals surface area contributed by atoms with Gasteiger partial charge in [-0.1, -0.05) is 29.8 Å². The minimum atomic E-state index is -0.0795. The highest BCUT2D eigenvalue weighted by atomic mass is 79.9. The summed E-state index contributed by atoms with van der Waals surface area (Å²) in [6.45, 7) is 7.49. The van der Waals surface area contributed by atoms with Gasteiger partial charge >= 0.3 is 0 Å². The molecule has 0 unspecified atom stereocenters. The lowest BCUT2D eigenvalue weighted by molar-refractivity contribution is 0.0908. The topological polar surface area (TPSA) is 50.8 Å². The van der Waals surface area contributed by atoms with Crippen molar-refractivity contribution in [3.05, 3.63) is 57.6 Å². The molecule has 0 aromatic heterocycles. The number of halogens is 1. The standard InChI is InChI=1S/C23H29BrN2O3/c1-4-29-22-20(24)13-18(14-21(22)28-3)23(27)25-19-8-10-26(11-9-19)15-17-7-5-6-16(2)12-17/h5-7,12-14,19H,4,8-11,15H2,1-3H3,(H,25,27). The highest BCUT2D eigenvalue weighted by Crippen LogP contribution is 2.36. The maximum Gasteiger partial charge on any atom is 0.251 e. The molecular weight excluding hydrogens is 432 g/mol. The zero-order valence-corrected chi connectivity index (χ0v) is 18.9. The van der Waals surface area contributed by atoms with E-state index in [0.717, 1.165) is 36.9 Å². The minimum Gasteiger partial charge on any atom is -0.493 e. The fourth-order valence-electron chi connectivity index (χ4n) is 3.71. The van der Waals surface area contributed by atoms with Crippen LogP contribution in [-0.2, 0) is 6.54 Å². The number of benzene rings is 2. The molecule has 156 valence electrons. The van der Waals surface area contributed by atoms with E-state index in [1.165, 1.54) is 11.1 Å². The summed E-state index contributed by atoms with van der Waals surface area (Å²) in [6.07, 6.45) is 1.90. The molecule has 0 atom stereocenters. The monoisotopic (exact) mass is 460 g/mol. The van der Waals surface area contributed by atoms with E-state index in [9.17, 15) is 4.79 Å². The molecule has 0 saturated carbocycles. The Hall–Kier alpha value is -2.05. The zero-order valence-electron chi connectivity index (χ0n) is 17.3. The van der Waals surface area contributed by atoms with Crippen LogP contribution in [0.4, 0.5) is 0 Å². The summed E-state index contributed by atoms with van der Waals surface area (Å²) >= 11 is 3.49. The number of nitrogens with one attached hydrogen (secondary N) is 1. The van der Waals surface area contributed by atoms with Crippen LogP contribution in [-0.4, -0.2) is 43.7 Å². The van der Waals surface area contributed by atoms with Crippen molar-refractivity contribution >= 4 is 21.8 Å². The van der Waals surface area contributed by atoms with Gasteiger partial charge in [-0.2, -0.15) is 0 Å². The molecule has 0 spiro atoms. The number of hydrogen-bond donors (Lipinski definition) is 1. The summed E-state index contributed by atoms with van der Waals surface area (Å²) in [5, 5.41) is 3.18. The van der Waals surface area contributed by atoms with Crippen molar-refractivity contribution < 1.29 is 14.3 Å². The first-order valence-electron chi connectivity index (χ1n) is 10.1. The van der Waals surface area contributed by atoms with Crippen LogP contribution < -0.4 is 14.8 Å². The quantitative estimate of drug-likeness (QED) is 0.657. The average molecular weight is 461 g/mol. The molecule has 1 N–H and O–H groups in total. The maximum absolute atomic E-state index is 12.8. The fraction of sp³-hybridized carbons (Fsp3) is 0.435. The van der Waals surface area contributed by atoms with Crippen LogP contribution in [0.5, 0.6) is 11.5 Å². The summed E-state index contributed by atoms with van der Waals surface area (Å²) in [7, 11) is 1.58. The lowest BCUT2D eigenvalue weighted by Gasteiger charge is -2.32. The largest absolute Gasteiger partial charge is 0.493 e. The van der Waals surface area contributed by atoms with E-state index in [4.69, 9.17) is 9.47 Å². The highest BCUT2D eigenvalue weighted by Gasteiger charge is 2.22. The molecule has 2 aromatic carbocycles. The summed E-state index contributed by atoms with van der Waals surface area (Å²) in [5.41, 5.74) is 3.21. The van der Waals surface area contributed by atoms with Gasteiger partial charge in [0.15, 0.2) is 11.5 Å². The summed E-state index contributed by atoms with van der Waals surface area (Å²) in [4.78, 5) is 15.2. The number of nitrogens with zero attached hydrogens (tertiary/aromatic N) is 1. The molecule has 1 heterocycles. The molecule has 1 aliphatic heterocycles. The van der Waals surface area contributed by atoms with Crippen LogP contribution in [0, 0.1) is 6.92 Å². The van der Waals surface area contributed by atoms with Crippen LogP contribution in [0.15, 0.2) is 40.9 Å². The number of likely N-dealkylation sites (tertiary alicyclic amines) is 1. The predicted molar refractivity (Wildman–Crippen MR) is 119 cm³/mol. The van der Waals surface area contributed by atoms with Crippen LogP contribution >= 0.6 is 15.9 Å². The van der Waals surface area contributed by atoms with Gasteiger partial charge in [0.1, 0.15) is 0 Å². The third-order valence-electron chi connectivity index (χ3n) is 5.19. The van der Waals surface area contributed by atoms with Crippen molar-refractivity contribution in [1.29, 1.82) is 0 Å². The number of amides is 1. The number of piperidine rings is 1. The van der Waals surface area contributed by atoms with Crippen LogP contribution in [0.3, 0.4) is 0 Å². The van der Waals surface area contributed by atoms with Gasteiger partial charge in [-0.05, 0) is 60.3 Å². The molecule has 6 heteroatoms. The van der Waals surface area contributed by atoms with E-state index < -0.39 is 0 Å². The first kappa shape index (κ1) is 21.7. The van der Waals surface area contributed by atoms with Crippen molar-refractivity contribution in [3.8, 4) is 11.5 Å². The number of hydrogen-bond acceptors (Lipinski definition) is 4. The van der Waals surface area contributed by atoms with Gasteiger partial charge in [0.2, 0.25) is 0 Å². The summed E-state index contributed by atoms with van der Waals surface area (Å²) < 4.78 is 11.7. The first-order valence-corrected chi connectivity index (χ1v) is 10.9. The summed E-state index contributed by atoms with van der Waals surface area (Å²) in [5.74, 6) is 1.10. The van der Waals surface area contributed by atoms with Crippen molar-refractivity contribution in [3.63, 3.8) is 0 Å².